The first-order valence-electron chi connectivity index (χ1n) is 13.2. The molecule has 3 rings (SSSR count). The number of nitrogens with one attached hydrogen (secondary N) is 2. The Kier molecular flexibility index (Phi) is 7.62. The Bertz CT molecular complexity index is 912. The van der Waals surface area contributed by atoms with Crippen molar-refractivity contribution in [2.75, 3.05) is 0 Å². The van der Waals surface area contributed by atoms with Gasteiger partial charge in [-0.05, 0) is 128 Å². The van der Waals surface area contributed by atoms with Crippen LogP contribution in [0.3, 0.4) is 0 Å². The van der Waals surface area contributed by atoms with E-state index < -0.39 is 8.60 Å². The highest BCUT2D eigenvalue weighted by atomic mass is 31.2. The molecule has 35 heavy (non-hydrogen) atoms. The standard InChI is InChI=1S/C29H51N2O3P/c1-18-23(20-16-28(9,10)31-29(11,12)17-20)21(19-14-26(5,6)30-27(7,8)15-19)13-22(34-35(32)33)24(18)25(2,3)4/h13,19-20,30-33H,14-17H2,1-12H3. The monoisotopic (exact) mass is 506 g/mol. The maximum Gasteiger partial charge on any atom is 0.391 e. The number of piperidine rings is 2. The molecule has 0 saturated carbocycles. The van der Waals surface area contributed by atoms with E-state index in [0.29, 0.717) is 17.6 Å². The van der Waals surface area contributed by atoms with E-state index >= 15 is 0 Å². The van der Waals surface area contributed by atoms with Gasteiger partial charge in [0, 0.05) is 27.7 Å². The molecule has 0 unspecified atom stereocenters. The Balaban J connectivity index is 2.31. The minimum absolute atomic E-state index is 0.00848. The normalized spacial score (nSPS) is 24.5. The minimum atomic E-state index is -2.50. The largest absolute Gasteiger partial charge is 0.427 e. The summed E-state index contributed by atoms with van der Waals surface area (Å²) in [4.78, 5) is 19.8. The molecule has 1 aromatic carbocycles. The third-order valence-corrected chi connectivity index (χ3v) is 8.14. The van der Waals surface area contributed by atoms with Gasteiger partial charge >= 0.3 is 8.60 Å². The van der Waals surface area contributed by atoms with E-state index in [1.807, 2.05) is 0 Å². The Morgan fingerprint density at radius 3 is 1.57 bits per heavy atom. The molecule has 200 valence electrons. The predicted molar refractivity (Wildman–Crippen MR) is 148 cm³/mol. The topological polar surface area (TPSA) is 73.8 Å². The van der Waals surface area contributed by atoms with Gasteiger partial charge in [-0.2, -0.15) is 0 Å². The maximum absolute atomic E-state index is 9.89. The molecule has 2 saturated heterocycles. The van der Waals surface area contributed by atoms with E-state index in [-0.39, 0.29) is 27.6 Å². The highest BCUT2D eigenvalue weighted by molar-refractivity contribution is 7.39. The molecule has 4 N–H and O–H groups in total. The fraction of sp³-hybridized carbons (Fsp3) is 0.793. The van der Waals surface area contributed by atoms with Gasteiger partial charge in [0.05, 0.1) is 0 Å². The lowest BCUT2D eigenvalue weighted by molar-refractivity contribution is 0.152. The van der Waals surface area contributed by atoms with Crippen molar-refractivity contribution in [3.63, 3.8) is 0 Å². The molecule has 2 fully saturated rings. The van der Waals surface area contributed by atoms with Crippen LogP contribution >= 0.6 is 8.60 Å². The van der Waals surface area contributed by atoms with Gasteiger partial charge in [-0.1, -0.05) is 20.8 Å². The van der Waals surface area contributed by atoms with Gasteiger partial charge in [0.25, 0.3) is 0 Å². The minimum Gasteiger partial charge on any atom is -0.427 e. The van der Waals surface area contributed by atoms with Crippen molar-refractivity contribution in [2.24, 2.45) is 0 Å². The summed E-state index contributed by atoms with van der Waals surface area (Å²) in [6.07, 6.45) is 4.20. The van der Waals surface area contributed by atoms with E-state index in [1.165, 1.54) is 16.7 Å². The molecule has 2 aliphatic heterocycles. The Morgan fingerprint density at radius 2 is 1.20 bits per heavy atom. The molecule has 2 heterocycles. The highest BCUT2D eigenvalue weighted by Crippen LogP contribution is 2.51. The fourth-order valence-corrected chi connectivity index (χ4v) is 8.19. The summed E-state index contributed by atoms with van der Waals surface area (Å²) in [7, 11) is -2.50. The molecule has 0 spiro atoms. The predicted octanol–water partition coefficient (Wildman–Crippen LogP) is 6.93. The van der Waals surface area contributed by atoms with Crippen LogP contribution in [-0.4, -0.2) is 31.9 Å². The molecule has 2 aliphatic rings. The number of benzene rings is 1. The second-order valence-corrected chi connectivity index (χ2v) is 15.7. The second-order valence-electron chi connectivity index (χ2n) is 15.0. The summed E-state index contributed by atoms with van der Waals surface area (Å²) in [5.74, 6) is 1.40. The average Bonchev–Trinajstić information content (AvgIpc) is 2.53. The summed E-state index contributed by atoms with van der Waals surface area (Å²) in [6, 6.07) is 2.18. The average molecular weight is 507 g/mol. The van der Waals surface area contributed by atoms with Crippen LogP contribution in [0.2, 0.25) is 0 Å². The molecule has 0 aliphatic carbocycles. The second kappa shape index (κ2) is 9.24. The van der Waals surface area contributed by atoms with Crippen molar-refractivity contribution in [2.45, 2.75) is 148 Å². The zero-order valence-corrected chi connectivity index (χ0v) is 25.2. The van der Waals surface area contributed by atoms with Gasteiger partial charge in [-0.3, -0.25) is 0 Å². The first-order chi connectivity index (χ1) is 15.6. The zero-order valence-electron chi connectivity index (χ0n) is 24.3. The summed E-state index contributed by atoms with van der Waals surface area (Å²) < 4.78 is 5.76. The molecule has 0 bridgehead atoms. The molecular weight excluding hydrogens is 455 g/mol. The van der Waals surface area contributed by atoms with Crippen LogP contribution in [0.1, 0.15) is 136 Å². The van der Waals surface area contributed by atoms with Gasteiger partial charge in [-0.15, -0.1) is 0 Å². The van der Waals surface area contributed by atoms with Crippen molar-refractivity contribution >= 4 is 8.60 Å². The van der Waals surface area contributed by atoms with Gasteiger partial charge in [0.2, 0.25) is 0 Å². The zero-order chi connectivity index (χ0) is 26.8. The third-order valence-electron chi connectivity index (χ3n) is 7.78. The Hall–Kier alpha value is -0.710. The van der Waals surface area contributed by atoms with Crippen molar-refractivity contribution < 1.29 is 14.3 Å². The van der Waals surface area contributed by atoms with Gasteiger partial charge in [0.1, 0.15) is 5.75 Å². The molecular formula is C29H51N2O3P. The van der Waals surface area contributed by atoms with E-state index in [1.54, 1.807) is 0 Å². The molecule has 0 atom stereocenters. The molecule has 5 nitrogen and oxygen atoms in total. The number of hydrogen-bond acceptors (Lipinski definition) is 5. The Labute approximate surface area is 215 Å². The van der Waals surface area contributed by atoms with Gasteiger partial charge in [-0.25, -0.2) is 0 Å². The fourth-order valence-electron chi connectivity index (χ4n) is 7.87. The SMILES string of the molecule is Cc1c(C2CC(C)(C)NC(C)(C)C2)c(C2CC(C)(C)NC(C)(C)C2)cc(OP(O)O)c1C(C)(C)C. The van der Waals surface area contributed by atoms with Crippen molar-refractivity contribution in [3.05, 3.63) is 28.3 Å². The van der Waals surface area contributed by atoms with Crippen LogP contribution in [0.25, 0.3) is 0 Å². The van der Waals surface area contributed by atoms with E-state index in [4.69, 9.17) is 4.52 Å². The highest BCUT2D eigenvalue weighted by Gasteiger charge is 2.44. The summed E-state index contributed by atoms with van der Waals surface area (Å²) in [5.41, 5.74) is 5.04. The van der Waals surface area contributed by atoms with Crippen molar-refractivity contribution in [1.29, 1.82) is 0 Å². The molecule has 6 heteroatoms. The molecule has 1 aromatic rings. The quantitative estimate of drug-likeness (QED) is 0.333. The lowest BCUT2D eigenvalue weighted by atomic mass is 9.65. The molecule has 0 aromatic heterocycles. The van der Waals surface area contributed by atoms with Gasteiger partial charge < -0.3 is 24.9 Å². The molecule has 0 amide bonds. The van der Waals surface area contributed by atoms with Crippen LogP contribution in [0.15, 0.2) is 6.07 Å². The van der Waals surface area contributed by atoms with E-state index in [2.05, 4.69) is 99.8 Å². The van der Waals surface area contributed by atoms with E-state index in [9.17, 15) is 9.79 Å². The van der Waals surface area contributed by atoms with Crippen LogP contribution in [0.5, 0.6) is 5.75 Å². The van der Waals surface area contributed by atoms with Gasteiger partial charge in [0.15, 0.2) is 0 Å². The Morgan fingerprint density at radius 1 is 0.800 bits per heavy atom. The lowest BCUT2D eigenvalue weighted by Crippen LogP contribution is -2.58. The summed E-state index contributed by atoms with van der Waals surface area (Å²) in [6.45, 7) is 27.3. The third kappa shape index (κ3) is 6.79. The summed E-state index contributed by atoms with van der Waals surface area (Å²) >= 11 is 0. The number of hydrogen-bond donors (Lipinski definition) is 4. The maximum atomic E-state index is 9.89. The van der Waals surface area contributed by atoms with Crippen molar-refractivity contribution in [3.8, 4) is 5.75 Å². The summed E-state index contributed by atoms with van der Waals surface area (Å²) in [5, 5.41) is 7.70. The van der Waals surface area contributed by atoms with Crippen LogP contribution in [-0.2, 0) is 5.41 Å². The van der Waals surface area contributed by atoms with Crippen LogP contribution in [0.4, 0.5) is 0 Å². The van der Waals surface area contributed by atoms with Crippen LogP contribution in [0, 0.1) is 6.92 Å². The molecule has 0 radical (unpaired) electrons. The lowest BCUT2D eigenvalue weighted by Gasteiger charge is -2.50. The number of rotatable bonds is 4. The first kappa shape index (κ1) is 28.9. The van der Waals surface area contributed by atoms with Crippen molar-refractivity contribution in [1.82, 2.24) is 10.6 Å². The van der Waals surface area contributed by atoms with Crippen LogP contribution < -0.4 is 15.2 Å². The van der Waals surface area contributed by atoms with E-state index in [0.717, 1.165) is 31.2 Å². The first-order valence-corrected chi connectivity index (χ1v) is 14.4. The smallest absolute Gasteiger partial charge is 0.391 e.